The molecule has 136 valence electrons. The molecule has 5 heteroatoms. The summed E-state index contributed by atoms with van der Waals surface area (Å²) < 4.78 is 5.82. The zero-order valence-electron chi connectivity index (χ0n) is 15.5. The molecule has 0 radical (unpaired) electrons. The lowest BCUT2D eigenvalue weighted by atomic mass is 9.93. The van der Waals surface area contributed by atoms with Crippen molar-refractivity contribution >= 4 is 6.03 Å². The fourth-order valence-electron chi connectivity index (χ4n) is 2.92. The minimum atomic E-state index is -0.843. The highest BCUT2D eigenvalue weighted by atomic mass is 16.5. The van der Waals surface area contributed by atoms with E-state index in [2.05, 4.69) is 38.3 Å². The van der Waals surface area contributed by atoms with Gasteiger partial charge in [-0.15, -0.1) is 0 Å². The van der Waals surface area contributed by atoms with Crippen LogP contribution in [-0.4, -0.2) is 41.5 Å². The molecule has 1 atom stereocenters. The molecule has 1 aliphatic carbocycles. The Morgan fingerprint density at radius 2 is 1.83 bits per heavy atom. The summed E-state index contributed by atoms with van der Waals surface area (Å²) in [6.07, 6.45) is 6.14. The summed E-state index contributed by atoms with van der Waals surface area (Å²) in [4.78, 5) is 12.0. The maximum Gasteiger partial charge on any atom is 0.315 e. The molecule has 0 spiro atoms. The second-order valence-electron chi connectivity index (χ2n) is 7.91. The van der Waals surface area contributed by atoms with Crippen LogP contribution in [-0.2, 0) is 4.74 Å². The predicted molar refractivity (Wildman–Crippen MR) is 93.5 cm³/mol. The third-order valence-corrected chi connectivity index (χ3v) is 4.36. The van der Waals surface area contributed by atoms with Crippen molar-refractivity contribution < 1.29 is 14.6 Å². The predicted octanol–water partition coefficient (Wildman–Crippen LogP) is 3.21. The van der Waals surface area contributed by atoms with Crippen LogP contribution in [0.5, 0.6) is 0 Å². The molecular formula is C18H36N2O3. The van der Waals surface area contributed by atoms with Crippen molar-refractivity contribution in [1.29, 1.82) is 0 Å². The fourth-order valence-corrected chi connectivity index (χ4v) is 2.92. The number of nitrogens with one attached hydrogen (secondary N) is 2. The molecule has 0 saturated heterocycles. The molecule has 1 fully saturated rings. The van der Waals surface area contributed by atoms with Gasteiger partial charge in [-0.25, -0.2) is 4.79 Å². The van der Waals surface area contributed by atoms with Gasteiger partial charge in [0.05, 0.1) is 17.8 Å². The minimum Gasteiger partial charge on any atom is -0.388 e. The second kappa shape index (κ2) is 9.48. The molecular weight excluding hydrogens is 292 g/mol. The molecule has 2 amide bonds. The van der Waals surface area contributed by atoms with Crippen LogP contribution in [0, 0.1) is 5.92 Å². The third kappa shape index (κ3) is 9.16. The van der Waals surface area contributed by atoms with Gasteiger partial charge < -0.3 is 20.5 Å². The van der Waals surface area contributed by atoms with Crippen LogP contribution in [0.25, 0.3) is 0 Å². The maximum atomic E-state index is 12.0. The maximum absolute atomic E-state index is 12.0. The summed E-state index contributed by atoms with van der Waals surface area (Å²) in [5, 5.41) is 16.1. The van der Waals surface area contributed by atoms with Crippen LogP contribution < -0.4 is 10.6 Å². The van der Waals surface area contributed by atoms with Crippen LogP contribution in [0.3, 0.4) is 0 Å². The Bertz CT molecular complexity index is 348. The Morgan fingerprint density at radius 1 is 1.22 bits per heavy atom. The Hall–Kier alpha value is -0.810. The van der Waals surface area contributed by atoms with Gasteiger partial charge in [-0.05, 0) is 65.2 Å². The van der Waals surface area contributed by atoms with E-state index >= 15 is 0 Å². The monoisotopic (exact) mass is 328 g/mol. The van der Waals surface area contributed by atoms with Gasteiger partial charge in [-0.2, -0.15) is 0 Å². The highest BCUT2D eigenvalue weighted by Gasteiger charge is 2.25. The zero-order chi connectivity index (χ0) is 17.5. The number of hydrogen-bond acceptors (Lipinski definition) is 3. The third-order valence-electron chi connectivity index (χ3n) is 4.36. The van der Waals surface area contributed by atoms with Gasteiger partial charge in [-0.3, -0.25) is 0 Å². The summed E-state index contributed by atoms with van der Waals surface area (Å²) in [6, 6.07) is 0.0330. The summed E-state index contributed by atoms with van der Waals surface area (Å²) in [7, 11) is 0. The number of carbonyl (C=O) groups excluding carboxylic acids is 1. The standard InChI is InChI=1S/C18H36N2O3/c1-13(2)10-11-18(5,22)12-19-17(21)20-15-6-8-16(9-7-15)23-14(3)4/h13-16,22H,6-12H2,1-5H3,(H2,19,20,21). The first-order valence-electron chi connectivity index (χ1n) is 9.10. The molecule has 5 nitrogen and oxygen atoms in total. The number of carbonyl (C=O) groups is 1. The highest BCUT2D eigenvalue weighted by Crippen LogP contribution is 2.22. The fraction of sp³-hybridized carbons (Fsp3) is 0.944. The van der Waals surface area contributed by atoms with Crippen LogP contribution in [0.4, 0.5) is 4.79 Å². The summed E-state index contributed by atoms with van der Waals surface area (Å²) >= 11 is 0. The van der Waals surface area contributed by atoms with E-state index in [1.807, 2.05) is 0 Å². The summed E-state index contributed by atoms with van der Waals surface area (Å²) in [5.41, 5.74) is -0.843. The molecule has 0 aromatic heterocycles. The van der Waals surface area contributed by atoms with Crippen molar-refractivity contribution in [1.82, 2.24) is 10.6 Å². The van der Waals surface area contributed by atoms with Crippen molar-refractivity contribution in [3.8, 4) is 0 Å². The number of rotatable bonds is 8. The smallest absolute Gasteiger partial charge is 0.315 e. The van der Waals surface area contributed by atoms with Crippen molar-refractivity contribution in [3.05, 3.63) is 0 Å². The van der Waals surface area contributed by atoms with Crippen LogP contribution in [0.2, 0.25) is 0 Å². The van der Waals surface area contributed by atoms with Crippen LogP contribution in [0.15, 0.2) is 0 Å². The van der Waals surface area contributed by atoms with E-state index in [1.54, 1.807) is 6.92 Å². The van der Waals surface area contributed by atoms with Gasteiger partial charge >= 0.3 is 6.03 Å². The van der Waals surface area contributed by atoms with Crippen LogP contribution >= 0.6 is 0 Å². The van der Waals surface area contributed by atoms with E-state index in [1.165, 1.54) is 0 Å². The topological polar surface area (TPSA) is 70.6 Å². The SMILES string of the molecule is CC(C)CCC(C)(O)CNC(=O)NC1CCC(OC(C)C)CC1. The molecule has 0 aliphatic heterocycles. The quantitative estimate of drug-likeness (QED) is 0.641. The summed E-state index contributed by atoms with van der Waals surface area (Å²) in [5.74, 6) is 0.554. The van der Waals surface area contributed by atoms with E-state index in [0.29, 0.717) is 18.4 Å². The second-order valence-corrected chi connectivity index (χ2v) is 7.91. The van der Waals surface area contributed by atoms with E-state index in [4.69, 9.17) is 4.74 Å². The van der Waals surface area contributed by atoms with E-state index in [0.717, 1.165) is 32.1 Å². The Balaban J connectivity index is 2.22. The Morgan fingerprint density at radius 3 is 2.35 bits per heavy atom. The molecule has 3 N–H and O–H groups in total. The first-order valence-corrected chi connectivity index (χ1v) is 9.10. The number of aliphatic hydroxyl groups is 1. The van der Waals surface area contributed by atoms with Crippen molar-refractivity contribution in [3.63, 3.8) is 0 Å². The number of hydrogen-bond donors (Lipinski definition) is 3. The Labute approximate surface area is 141 Å². The molecule has 23 heavy (non-hydrogen) atoms. The normalized spacial score (nSPS) is 24.5. The minimum absolute atomic E-state index is 0.178. The average Bonchev–Trinajstić information content (AvgIpc) is 2.45. The first-order chi connectivity index (χ1) is 10.7. The van der Waals surface area contributed by atoms with Gasteiger partial charge in [-0.1, -0.05) is 13.8 Å². The van der Waals surface area contributed by atoms with E-state index in [9.17, 15) is 9.90 Å². The molecule has 0 bridgehead atoms. The molecule has 0 aromatic rings. The lowest BCUT2D eigenvalue weighted by molar-refractivity contribution is -0.0156. The van der Waals surface area contributed by atoms with E-state index < -0.39 is 5.60 Å². The number of amides is 2. The van der Waals surface area contributed by atoms with Crippen molar-refractivity contribution in [2.75, 3.05) is 6.54 Å². The highest BCUT2D eigenvalue weighted by molar-refractivity contribution is 5.74. The van der Waals surface area contributed by atoms with Crippen LogP contribution in [0.1, 0.15) is 73.1 Å². The largest absolute Gasteiger partial charge is 0.388 e. The van der Waals surface area contributed by atoms with Crippen molar-refractivity contribution in [2.45, 2.75) is 97.0 Å². The molecule has 1 aliphatic rings. The van der Waals surface area contributed by atoms with Crippen molar-refractivity contribution in [2.24, 2.45) is 5.92 Å². The summed E-state index contributed by atoms with van der Waals surface area (Å²) in [6.45, 7) is 10.5. The number of urea groups is 1. The van der Waals surface area contributed by atoms with Gasteiger partial charge in [0, 0.05) is 12.6 Å². The molecule has 1 rings (SSSR count). The van der Waals surface area contributed by atoms with E-state index in [-0.39, 0.29) is 24.7 Å². The molecule has 1 unspecified atom stereocenters. The van der Waals surface area contributed by atoms with Gasteiger partial charge in [0.2, 0.25) is 0 Å². The first kappa shape index (κ1) is 20.2. The molecule has 1 saturated carbocycles. The number of ether oxygens (including phenoxy) is 1. The molecule has 0 aromatic carbocycles. The van der Waals surface area contributed by atoms with Gasteiger partial charge in [0.15, 0.2) is 0 Å². The average molecular weight is 328 g/mol. The lowest BCUT2D eigenvalue weighted by Gasteiger charge is -2.31. The molecule has 0 heterocycles. The lowest BCUT2D eigenvalue weighted by Crippen LogP contribution is -2.48. The van der Waals surface area contributed by atoms with Gasteiger partial charge in [0.25, 0.3) is 0 Å². The van der Waals surface area contributed by atoms with Gasteiger partial charge in [0.1, 0.15) is 0 Å². The zero-order valence-corrected chi connectivity index (χ0v) is 15.5. The Kier molecular flexibility index (Phi) is 8.34.